The summed E-state index contributed by atoms with van der Waals surface area (Å²) in [5.41, 5.74) is 2.13. The van der Waals surface area contributed by atoms with E-state index in [1.165, 1.54) is 5.69 Å². The van der Waals surface area contributed by atoms with E-state index in [4.69, 9.17) is 9.47 Å². The van der Waals surface area contributed by atoms with Crippen LogP contribution >= 0.6 is 0 Å². The lowest BCUT2D eigenvalue weighted by molar-refractivity contribution is 0.193. The Kier molecular flexibility index (Phi) is 5.53. The van der Waals surface area contributed by atoms with Crippen LogP contribution in [0.3, 0.4) is 0 Å². The number of benzene rings is 1. The minimum atomic E-state index is 0.288. The van der Waals surface area contributed by atoms with Crippen molar-refractivity contribution in [1.29, 1.82) is 0 Å². The maximum absolute atomic E-state index is 6.08. The number of nitrogens with zero attached hydrogens (tertiary/aromatic N) is 5. The first-order valence-corrected chi connectivity index (χ1v) is 9.53. The van der Waals surface area contributed by atoms with Gasteiger partial charge in [-0.3, -0.25) is 9.88 Å². The molecule has 1 atom stereocenters. The summed E-state index contributed by atoms with van der Waals surface area (Å²) in [4.78, 5) is 15.8. The van der Waals surface area contributed by atoms with Gasteiger partial charge in [0.15, 0.2) is 0 Å². The van der Waals surface area contributed by atoms with Gasteiger partial charge in [-0.15, -0.1) is 0 Å². The lowest BCUT2D eigenvalue weighted by Gasteiger charge is -2.32. The quantitative estimate of drug-likeness (QED) is 0.654. The van der Waals surface area contributed by atoms with E-state index in [1.807, 2.05) is 43.8 Å². The monoisotopic (exact) mass is 379 g/mol. The van der Waals surface area contributed by atoms with Gasteiger partial charge in [-0.2, -0.15) is 0 Å². The molecule has 0 amide bonds. The van der Waals surface area contributed by atoms with E-state index in [2.05, 4.69) is 24.4 Å². The van der Waals surface area contributed by atoms with Gasteiger partial charge in [-0.05, 0) is 31.5 Å². The van der Waals surface area contributed by atoms with E-state index in [0.717, 1.165) is 43.9 Å². The topological polar surface area (TPSA) is 65.3 Å². The first-order chi connectivity index (χ1) is 13.7. The minimum absolute atomic E-state index is 0.288. The number of aryl methyl sites for hydroxylation is 1. The smallest absolute Gasteiger partial charge is 0.241 e. The molecule has 28 heavy (non-hydrogen) atoms. The third-order valence-electron chi connectivity index (χ3n) is 5.14. The molecule has 0 N–H and O–H groups in total. The molecule has 3 heterocycles. The Labute approximate surface area is 165 Å². The largest absolute Gasteiger partial charge is 0.497 e. The molecule has 0 aliphatic carbocycles. The van der Waals surface area contributed by atoms with Gasteiger partial charge in [0, 0.05) is 50.7 Å². The van der Waals surface area contributed by atoms with Crippen LogP contribution in [0.25, 0.3) is 0 Å². The predicted molar refractivity (Wildman–Crippen MR) is 106 cm³/mol. The molecule has 3 aromatic rings. The second-order valence-electron chi connectivity index (χ2n) is 7.10. The van der Waals surface area contributed by atoms with Gasteiger partial charge >= 0.3 is 0 Å². The van der Waals surface area contributed by atoms with Crippen LogP contribution in [0.4, 0.5) is 0 Å². The van der Waals surface area contributed by atoms with Gasteiger partial charge in [0.05, 0.1) is 19.1 Å². The first-order valence-electron chi connectivity index (χ1n) is 9.53. The van der Waals surface area contributed by atoms with Crippen molar-refractivity contribution in [2.75, 3.05) is 20.2 Å². The zero-order chi connectivity index (χ0) is 19.3. The van der Waals surface area contributed by atoms with E-state index in [1.54, 1.807) is 19.5 Å². The second-order valence-corrected chi connectivity index (χ2v) is 7.10. The summed E-state index contributed by atoms with van der Waals surface area (Å²) < 4.78 is 13.4. The first kappa shape index (κ1) is 18.4. The van der Waals surface area contributed by atoms with E-state index >= 15 is 0 Å². The lowest BCUT2D eigenvalue weighted by atomic mass is 9.94. The van der Waals surface area contributed by atoms with Crippen molar-refractivity contribution < 1.29 is 9.47 Å². The number of ether oxygens (including phenoxy) is 2. The lowest BCUT2D eigenvalue weighted by Crippen LogP contribution is -2.34. The molecule has 1 saturated heterocycles. The number of rotatable bonds is 6. The highest BCUT2D eigenvalue weighted by Crippen LogP contribution is 2.33. The Morgan fingerprint density at radius 3 is 2.86 bits per heavy atom. The number of likely N-dealkylation sites (tertiary alicyclic amines) is 1. The van der Waals surface area contributed by atoms with Crippen LogP contribution in [-0.4, -0.2) is 44.6 Å². The zero-order valence-electron chi connectivity index (χ0n) is 16.3. The van der Waals surface area contributed by atoms with Crippen molar-refractivity contribution in [3.63, 3.8) is 0 Å². The summed E-state index contributed by atoms with van der Waals surface area (Å²) in [5, 5.41) is 0. The van der Waals surface area contributed by atoms with Gasteiger partial charge in [0.25, 0.3) is 0 Å². The van der Waals surface area contributed by atoms with Crippen LogP contribution in [0.1, 0.15) is 30.1 Å². The molecule has 0 radical (unpaired) electrons. The van der Waals surface area contributed by atoms with Crippen molar-refractivity contribution in [3.05, 3.63) is 60.6 Å². The van der Waals surface area contributed by atoms with E-state index in [-0.39, 0.29) is 5.92 Å². The summed E-state index contributed by atoms with van der Waals surface area (Å²) in [6, 6.07) is 7.55. The molecule has 146 valence electrons. The van der Waals surface area contributed by atoms with Gasteiger partial charge in [-0.1, -0.05) is 6.07 Å². The third-order valence-corrected chi connectivity index (χ3v) is 5.14. The highest BCUT2D eigenvalue weighted by Gasteiger charge is 2.26. The van der Waals surface area contributed by atoms with E-state index in [0.29, 0.717) is 11.6 Å². The summed E-state index contributed by atoms with van der Waals surface area (Å²) >= 11 is 0. The SMILES string of the molecule is COc1cccc(Oc2nccnc2C2CCCN(Cc3cncn3C)C2)c1. The molecule has 1 aliphatic rings. The zero-order valence-corrected chi connectivity index (χ0v) is 16.3. The summed E-state index contributed by atoms with van der Waals surface area (Å²) in [6.45, 7) is 2.89. The molecule has 1 aromatic carbocycles. The van der Waals surface area contributed by atoms with Gasteiger partial charge in [-0.25, -0.2) is 9.97 Å². The van der Waals surface area contributed by atoms with Crippen molar-refractivity contribution in [2.45, 2.75) is 25.3 Å². The Bertz CT molecular complexity index is 926. The number of hydrogen-bond acceptors (Lipinski definition) is 6. The fourth-order valence-corrected chi connectivity index (χ4v) is 3.66. The molecule has 2 aromatic heterocycles. The molecule has 1 unspecified atom stereocenters. The van der Waals surface area contributed by atoms with Crippen LogP contribution in [0.5, 0.6) is 17.4 Å². The fourth-order valence-electron chi connectivity index (χ4n) is 3.66. The Balaban J connectivity index is 1.51. The number of methoxy groups -OCH3 is 1. The normalized spacial score (nSPS) is 17.4. The third kappa shape index (κ3) is 4.14. The highest BCUT2D eigenvalue weighted by molar-refractivity contribution is 5.36. The molecular weight excluding hydrogens is 354 g/mol. The van der Waals surface area contributed by atoms with Crippen molar-refractivity contribution in [2.24, 2.45) is 7.05 Å². The molecule has 4 rings (SSSR count). The molecule has 0 bridgehead atoms. The molecule has 1 fully saturated rings. The molecule has 0 spiro atoms. The molecular formula is C21H25N5O2. The standard InChI is InChI=1S/C21H25N5O2/c1-25-15-22-12-17(25)14-26-10-4-5-16(13-26)20-21(24-9-8-23-20)28-19-7-3-6-18(11-19)27-2/h3,6-9,11-12,15-16H,4-5,10,13-14H2,1-2H3. The molecule has 7 nitrogen and oxygen atoms in total. The van der Waals surface area contributed by atoms with Crippen molar-refractivity contribution >= 4 is 0 Å². The van der Waals surface area contributed by atoms with Crippen LogP contribution in [0.2, 0.25) is 0 Å². The predicted octanol–water partition coefficient (Wildman–Crippen LogP) is 3.39. The molecule has 0 saturated carbocycles. The van der Waals surface area contributed by atoms with Crippen LogP contribution in [0, 0.1) is 0 Å². The minimum Gasteiger partial charge on any atom is -0.497 e. The fraction of sp³-hybridized carbons (Fsp3) is 0.381. The molecule has 1 aliphatic heterocycles. The Hall–Kier alpha value is -2.93. The Morgan fingerprint density at radius 2 is 2.04 bits per heavy atom. The number of imidazole rings is 1. The van der Waals surface area contributed by atoms with E-state index < -0.39 is 0 Å². The Morgan fingerprint density at radius 1 is 1.18 bits per heavy atom. The van der Waals surface area contributed by atoms with Gasteiger partial charge in [0.1, 0.15) is 17.2 Å². The van der Waals surface area contributed by atoms with Crippen LogP contribution in [0.15, 0.2) is 49.2 Å². The molecule has 7 heteroatoms. The summed E-state index contributed by atoms with van der Waals surface area (Å²) in [5.74, 6) is 2.31. The summed E-state index contributed by atoms with van der Waals surface area (Å²) in [6.07, 6.45) is 9.40. The van der Waals surface area contributed by atoms with Gasteiger partial charge < -0.3 is 14.0 Å². The average Bonchev–Trinajstić information content (AvgIpc) is 3.13. The van der Waals surface area contributed by atoms with E-state index in [9.17, 15) is 0 Å². The van der Waals surface area contributed by atoms with Crippen LogP contribution in [-0.2, 0) is 13.6 Å². The van der Waals surface area contributed by atoms with Crippen molar-refractivity contribution in [1.82, 2.24) is 24.4 Å². The number of aromatic nitrogens is 4. The maximum Gasteiger partial charge on any atom is 0.241 e. The highest BCUT2D eigenvalue weighted by atomic mass is 16.5. The second kappa shape index (κ2) is 8.39. The maximum atomic E-state index is 6.08. The average molecular weight is 379 g/mol. The van der Waals surface area contributed by atoms with Crippen molar-refractivity contribution in [3.8, 4) is 17.4 Å². The number of hydrogen-bond donors (Lipinski definition) is 0. The summed E-state index contributed by atoms with van der Waals surface area (Å²) in [7, 11) is 3.68. The number of piperidine rings is 1. The van der Waals surface area contributed by atoms with Crippen LogP contribution < -0.4 is 9.47 Å². The van der Waals surface area contributed by atoms with Gasteiger partial charge in [0.2, 0.25) is 5.88 Å².